The smallest absolute Gasteiger partial charge is 0.203 e. The van der Waals surface area contributed by atoms with Crippen molar-refractivity contribution in [2.45, 2.75) is 19.4 Å². The van der Waals surface area contributed by atoms with E-state index in [-0.39, 0.29) is 6.04 Å². The van der Waals surface area contributed by atoms with Crippen molar-refractivity contribution in [1.82, 2.24) is 0 Å². The van der Waals surface area contributed by atoms with Gasteiger partial charge in [-0.3, -0.25) is 0 Å². The molecule has 0 saturated carbocycles. The minimum absolute atomic E-state index is 0.0144. The molecule has 0 aromatic heterocycles. The van der Waals surface area contributed by atoms with E-state index < -0.39 is 0 Å². The van der Waals surface area contributed by atoms with Crippen LogP contribution >= 0.6 is 11.6 Å². The van der Waals surface area contributed by atoms with Gasteiger partial charge in [0, 0.05) is 17.7 Å². The monoisotopic (exact) mass is 259 g/mol. The van der Waals surface area contributed by atoms with Gasteiger partial charge in [-0.1, -0.05) is 11.6 Å². The summed E-state index contributed by atoms with van der Waals surface area (Å²) in [6.45, 7) is 1.91. The van der Waals surface area contributed by atoms with Crippen molar-refractivity contribution in [3.63, 3.8) is 0 Å². The number of nitrogens with two attached hydrogens (primary N) is 1. The summed E-state index contributed by atoms with van der Waals surface area (Å²) < 4.78 is 15.8. The molecule has 0 aliphatic heterocycles. The summed E-state index contributed by atoms with van der Waals surface area (Å²) in [5.74, 6) is 1.66. The molecule has 0 heterocycles. The van der Waals surface area contributed by atoms with Crippen LogP contribution in [0, 0.1) is 0 Å². The van der Waals surface area contributed by atoms with Crippen molar-refractivity contribution in [1.29, 1.82) is 0 Å². The zero-order valence-electron chi connectivity index (χ0n) is 10.5. The molecule has 0 bridgehead atoms. The van der Waals surface area contributed by atoms with Crippen LogP contribution in [0.5, 0.6) is 17.2 Å². The van der Waals surface area contributed by atoms with Gasteiger partial charge in [-0.25, -0.2) is 0 Å². The summed E-state index contributed by atoms with van der Waals surface area (Å²) >= 11 is 6.19. The van der Waals surface area contributed by atoms with E-state index in [1.165, 1.54) is 0 Å². The molecule has 1 aromatic rings. The van der Waals surface area contributed by atoms with Gasteiger partial charge in [0.05, 0.1) is 26.4 Å². The molecule has 0 amide bonds. The number of benzene rings is 1. The van der Waals surface area contributed by atoms with Crippen molar-refractivity contribution >= 4 is 11.6 Å². The summed E-state index contributed by atoms with van der Waals surface area (Å²) in [4.78, 5) is 0. The van der Waals surface area contributed by atoms with Crippen molar-refractivity contribution in [2.75, 3.05) is 21.3 Å². The van der Waals surface area contributed by atoms with Gasteiger partial charge in [-0.15, -0.1) is 0 Å². The Bertz CT molecular complexity index is 394. The number of rotatable bonds is 5. The predicted octanol–water partition coefficient (Wildman–Crippen LogP) is 2.26. The number of halogens is 1. The van der Waals surface area contributed by atoms with Gasteiger partial charge in [-0.2, -0.15) is 0 Å². The second kappa shape index (κ2) is 5.98. The van der Waals surface area contributed by atoms with Gasteiger partial charge in [0.15, 0.2) is 11.5 Å². The van der Waals surface area contributed by atoms with Gasteiger partial charge >= 0.3 is 0 Å². The van der Waals surface area contributed by atoms with E-state index in [0.29, 0.717) is 28.7 Å². The summed E-state index contributed by atoms with van der Waals surface area (Å²) in [7, 11) is 4.68. The van der Waals surface area contributed by atoms with Crippen LogP contribution in [0.3, 0.4) is 0 Å². The molecule has 2 N–H and O–H groups in total. The normalized spacial score (nSPS) is 12.1. The van der Waals surface area contributed by atoms with Crippen molar-refractivity contribution in [3.8, 4) is 17.2 Å². The molecule has 0 spiro atoms. The van der Waals surface area contributed by atoms with Gasteiger partial charge in [-0.05, 0) is 13.3 Å². The van der Waals surface area contributed by atoms with Crippen molar-refractivity contribution < 1.29 is 14.2 Å². The van der Waals surface area contributed by atoms with E-state index in [1.54, 1.807) is 27.4 Å². The first-order valence-electron chi connectivity index (χ1n) is 5.28. The predicted molar refractivity (Wildman–Crippen MR) is 68.5 cm³/mol. The lowest BCUT2D eigenvalue weighted by atomic mass is 10.1. The first-order valence-corrected chi connectivity index (χ1v) is 5.65. The molecule has 1 aromatic carbocycles. The lowest BCUT2D eigenvalue weighted by molar-refractivity contribution is 0.322. The lowest BCUT2D eigenvalue weighted by Gasteiger charge is -2.18. The third kappa shape index (κ3) is 2.96. The Balaban J connectivity index is 3.38. The second-order valence-electron chi connectivity index (χ2n) is 3.79. The Hall–Kier alpha value is -1.13. The van der Waals surface area contributed by atoms with Crippen LogP contribution in [-0.2, 0) is 6.42 Å². The van der Waals surface area contributed by atoms with E-state index in [1.807, 2.05) is 6.92 Å². The topological polar surface area (TPSA) is 53.7 Å². The number of methoxy groups -OCH3 is 3. The van der Waals surface area contributed by atoms with Gasteiger partial charge < -0.3 is 19.9 Å². The molecule has 4 nitrogen and oxygen atoms in total. The Morgan fingerprint density at radius 1 is 1.18 bits per heavy atom. The Morgan fingerprint density at radius 3 is 2.18 bits per heavy atom. The van der Waals surface area contributed by atoms with E-state index in [9.17, 15) is 0 Å². The largest absolute Gasteiger partial charge is 0.493 e. The summed E-state index contributed by atoms with van der Waals surface area (Å²) in [5, 5.41) is 0.566. The molecule has 1 atom stereocenters. The van der Waals surface area contributed by atoms with Gasteiger partial charge in [0.2, 0.25) is 5.75 Å². The molecule has 0 fully saturated rings. The van der Waals surface area contributed by atoms with E-state index in [2.05, 4.69) is 0 Å². The number of hydrogen-bond acceptors (Lipinski definition) is 4. The fourth-order valence-electron chi connectivity index (χ4n) is 1.70. The standard InChI is InChI=1S/C12H18ClNO3/c1-7(14)5-8-9(13)6-10(15-2)12(17-4)11(8)16-3/h6-7H,5,14H2,1-4H3. The molecule has 0 saturated heterocycles. The zero-order valence-corrected chi connectivity index (χ0v) is 11.3. The van der Waals surface area contributed by atoms with Crippen LogP contribution in [0.1, 0.15) is 12.5 Å². The summed E-state index contributed by atoms with van der Waals surface area (Å²) in [5.41, 5.74) is 6.63. The highest BCUT2D eigenvalue weighted by Crippen LogP contribution is 2.44. The molecule has 0 aliphatic rings. The third-order valence-electron chi connectivity index (χ3n) is 2.40. The number of hydrogen-bond donors (Lipinski definition) is 1. The fourth-order valence-corrected chi connectivity index (χ4v) is 1.96. The molecule has 5 heteroatoms. The van der Waals surface area contributed by atoms with E-state index in [4.69, 9.17) is 31.5 Å². The first kappa shape index (κ1) is 13.9. The van der Waals surface area contributed by atoms with E-state index in [0.717, 1.165) is 5.56 Å². The molecule has 17 heavy (non-hydrogen) atoms. The minimum atomic E-state index is -0.0144. The van der Waals surface area contributed by atoms with Crippen LogP contribution in [0.4, 0.5) is 0 Å². The molecular weight excluding hydrogens is 242 g/mol. The molecular formula is C12H18ClNO3. The molecule has 1 unspecified atom stereocenters. The van der Waals surface area contributed by atoms with E-state index >= 15 is 0 Å². The van der Waals surface area contributed by atoms with Crippen LogP contribution < -0.4 is 19.9 Å². The average molecular weight is 260 g/mol. The highest BCUT2D eigenvalue weighted by atomic mass is 35.5. The van der Waals surface area contributed by atoms with Crippen molar-refractivity contribution in [3.05, 3.63) is 16.7 Å². The Labute approximate surface area is 107 Å². The molecule has 96 valence electrons. The summed E-state index contributed by atoms with van der Waals surface area (Å²) in [6.07, 6.45) is 0.613. The average Bonchev–Trinajstić information content (AvgIpc) is 2.30. The molecule has 0 radical (unpaired) electrons. The van der Waals surface area contributed by atoms with Crippen LogP contribution in [0.25, 0.3) is 0 Å². The highest BCUT2D eigenvalue weighted by molar-refractivity contribution is 6.31. The maximum Gasteiger partial charge on any atom is 0.203 e. The maximum atomic E-state index is 6.19. The maximum absolute atomic E-state index is 6.19. The summed E-state index contributed by atoms with van der Waals surface area (Å²) in [6, 6.07) is 1.69. The van der Waals surface area contributed by atoms with Gasteiger partial charge in [0.1, 0.15) is 0 Å². The van der Waals surface area contributed by atoms with Crippen LogP contribution in [-0.4, -0.2) is 27.4 Å². The molecule has 1 rings (SSSR count). The Kier molecular flexibility index (Phi) is 4.90. The molecule has 0 aliphatic carbocycles. The third-order valence-corrected chi connectivity index (χ3v) is 2.74. The minimum Gasteiger partial charge on any atom is -0.493 e. The lowest BCUT2D eigenvalue weighted by Crippen LogP contribution is -2.18. The first-order chi connectivity index (χ1) is 8.04. The van der Waals surface area contributed by atoms with Crippen LogP contribution in [0.2, 0.25) is 5.02 Å². The quantitative estimate of drug-likeness (QED) is 0.881. The highest BCUT2D eigenvalue weighted by Gasteiger charge is 2.20. The SMILES string of the molecule is COc1cc(Cl)c(CC(C)N)c(OC)c1OC. The van der Waals surface area contributed by atoms with Crippen LogP contribution in [0.15, 0.2) is 6.07 Å². The second-order valence-corrected chi connectivity index (χ2v) is 4.19. The number of ether oxygens (including phenoxy) is 3. The zero-order chi connectivity index (χ0) is 13.0. The van der Waals surface area contributed by atoms with Gasteiger partial charge in [0.25, 0.3) is 0 Å². The Morgan fingerprint density at radius 2 is 1.76 bits per heavy atom. The fraction of sp³-hybridized carbons (Fsp3) is 0.500. The van der Waals surface area contributed by atoms with Crippen molar-refractivity contribution in [2.24, 2.45) is 5.73 Å².